The van der Waals surface area contributed by atoms with Gasteiger partial charge in [-0.3, -0.25) is 4.90 Å². The number of likely N-dealkylation sites (tertiary alicyclic amines) is 1. The molecule has 5 nitrogen and oxygen atoms in total. The number of aromatic nitrogens is 2. The summed E-state index contributed by atoms with van der Waals surface area (Å²) in [7, 11) is 0. The fraction of sp³-hybridized carbons (Fsp3) is 0.364. The summed E-state index contributed by atoms with van der Waals surface area (Å²) in [6.45, 7) is 6.33. The summed E-state index contributed by atoms with van der Waals surface area (Å²) in [5, 5.41) is 0.703. The Hall–Kier alpha value is -3.28. The van der Waals surface area contributed by atoms with E-state index < -0.39 is 0 Å². The van der Waals surface area contributed by atoms with Crippen LogP contribution in [-0.4, -0.2) is 40.7 Å². The monoisotopic (exact) mass is 543 g/mol. The highest BCUT2D eigenvalue weighted by Gasteiger charge is 2.13. The molecule has 39 heavy (non-hydrogen) atoms. The average molecular weight is 544 g/mol. The Morgan fingerprint density at radius 3 is 2.46 bits per heavy atom. The minimum absolute atomic E-state index is 0.703. The van der Waals surface area contributed by atoms with E-state index in [4.69, 9.17) is 26.1 Å². The molecular formula is C33H38ClN3O2. The van der Waals surface area contributed by atoms with Gasteiger partial charge in [0.2, 0.25) is 0 Å². The molecule has 0 N–H and O–H groups in total. The summed E-state index contributed by atoms with van der Waals surface area (Å²) in [6, 6.07) is 16.5. The van der Waals surface area contributed by atoms with Gasteiger partial charge in [0.25, 0.3) is 0 Å². The zero-order valence-corrected chi connectivity index (χ0v) is 23.6. The number of nitrogens with zero attached hydrogens (tertiary/aromatic N) is 3. The normalized spacial score (nSPS) is 15.9. The Bertz CT molecular complexity index is 1300. The maximum atomic E-state index is 6.09. The molecule has 0 unspecified atom stereocenters. The summed E-state index contributed by atoms with van der Waals surface area (Å²) in [5.74, 6) is 3.64. The van der Waals surface area contributed by atoms with Crippen LogP contribution in [0.5, 0.6) is 11.5 Å². The van der Waals surface area contributed by atoms with Crippen molar-refractivity contribution in [2.24, 2.45) is 0 Å². The minimum atomic E-state index is 0.703. The minimum Gasteiger partial charge on any atom is -0.492 e. The number of piperidine rings is 1. The van der Waals surface area contributed by atoms with E-state index in [1.54, 1.807) is 0 Å². The fourth-order valence-corrected chi connectivity index (χ4v) is 5.13. The van der Waals surface area contributed by atoms with Crippen molar-refractivity contribution < 1.29 is 9.47 Å². The third-order valence-electron chi connectivity index (χ3n) is 7.20. The van der Waals surface area contributed by atoms with Gasteiger partial charge in [-0.05, 0) is 99.1 Å². The molecule has 1 aliphatic carbocycles. The Morgan fingerprint density at radius 1 is 0.923 bits per heavy atom. The zero-order chi connectivity index (χ0) is 26.9. The average Bonchev–Trinajstić information content (AvgIpc) is 3.29. The third-order valence-corrected chi connectivity index (χ3v) is 7.45. The number of rotatable bonds is 11. The summed E-state index contributed by atoms with van der Waals surface area (Å²) >= 11 is 6.09. The van der Waals surface area contributed by atoms with Crippen molar-refractivity contribution in [2.75, 3.05) is 26.2 Å². The van der Waals surface area contributed by atoms with Gasteiger partial charge in [0.1, 0.15) is 29.7 Å². The molecule has 0 saturated carbocycles. The van der Waals surface area contributed by atoms with Gasteiger partial charge in [-0.2, -0.15) is 0 Å². The van der Waals surface area contributed by atoms with Crippen LogP contribution < -0.4 is 9.47 Å². The first-order valence-corrected chi connectivity index (χ1v) is 14.6. The number of imidazole rings is 1. The van der Waals surface area contributed by atoms with Crippen LogP contribution in [0.1, 0.15) is 51.3 Å². The molecule has 1 aromatic heterocycles. The van der Waals surface area contributed by atoms with E-state index in [0.717, 1.165) is 72.4 Å². The highest BCUT2D eigenvalue weighted by molar-refractivity contribution is 6.31. The lowest BCUT2D eigenvalue weighted by Gasteiger charge is -2.26. The van der Waals surface area contributed by atoms with Crippen LogP contribution in [0.2, 0.25) is 0 Å². The molecule has 0 radical (unpaired) electrons. The van der Waals surface area contributed by atoms with Crippen molar-refractivity contribution in [3.63, 3.8) is 0 Å². The predicted octanol–water partition coefficient (Wildman–Crippen LogP) is 8.09. The highest BCUT2D eigenvalue weighted by atomic mass is 35.5. The lowest BCUT2D eigenvalue weighted by Crippen LogP contribution is -2.33. The van der Waals surface area contributed by atoms with Crippen LogP contribution in [0.25, 0.3) is 16.9 Å². The molecule has 2 heterocycles. The SMILES string of the molecule is CCCCc1nc(-c2ccc(OCCN3CCCCC3)cc2)cn1-c1ccc(OC2=CC=C(Cl)C=CC2)cc1. The van der Waals surface area contributed by atoms with Crippen molar-refractivity contribution in [2.45, 2.75) is 51.9 Å². The van der Waals surface area contributed by atoms with Crippen molar-refractivity contribution in [3.8, 4) is 28.4 Å². The van der Waals surface area contributed by atoms with E-state index in [9.17, 15) is 0 Å². The smallest absolute Gasteiger partial charge is 0.127 e. The molecule has 0 atom stereocenters. The number of benzene rings is 2. The molecule has 0 amide bonds. The van der Waals surface area contributed by atoms with Gasteiger partial charge in [-0.25, -0.2) is 4.98 Å². The molecule has 204 valence electrons. The Morgan fingerprint density at radius 2 is 1.69 bits per heavy atom. The molecule has 1 aliphatic heterocycles. The standard InChI is InChI=1S/C33H38ClN3O2/c1-2-3-10-33-35-32(26-11-16-29(17-12-26)38-24-23-36-21-5-4-6-22-36)25-37(33)28-14-19-31(20-15-28)39-30-9-7-8-27(34)13-18-30/h7-8,11-20,25H,2-6,9-10,21-24H2,1H3. The van der Waals surface area contributed by atoms with Gasteiger partial charge in [0.05, 0.1) is 5.69 Å². The molecule has 5 rings (SSSR count). The van der Waals surface area contributed by atoms with E-state index in [1.165, 1.54) is 32.4 Å². The highest BCUT2D eigenvalue weighted by Crippen LogP contribution is 2.27. The maximum absolute atomic E-state index is 6.09. The molecule has 2 aliphatic rings. The largest absolute Gasteiger partial charge is 0.492 e. The number of unbranched alkanes of at least 4 members (excludes halogenated alkanes) is 1. The summed E-state index contributed by atoms with van der Waals surface area (Å²) < 4.78 is 14.3. The van der Waals surface area contributed by atoms with Gasteiger partial charge < -0.3 is 14.0 Å². The second-order valence-corrected chi connectivity index (χ2v) is 10.6. The second-order valence-electron chi connectivity index (χ2n) is 10.2. The van der Waals surface area contributed by atoms with E-state index in [0.29, 0.717) is 11.5 Å². The van der Waals surface area contributed by atoms with Crippen molar-refractivity contribution in [3.05, 3.63) is 95.6 Å². The maximum Gasteiger partial charge on any atom is 0.127 e. The molecule has 0 bridgehead atoms. The quantitative estimate of drug-likeness (QED) is 0.245. The molecule has 0 spiro atoms. The number of aryl methyl sites for hydroxylation is 1. The summed E-state index contributed by atoms with van der Waals surface area (Å²) in [5.41, 5.74) is 3.14. The van der Waals surface area contributed by atoms with Gasteiger partial charge in [0, 0.05) is 41.9 Å². The fourth-order valence-electron chi connectivity index (χ4n) is 4.98. The molecule has 1 saturated heterocycles. The molecule has 6 heteroatoms. The summed E-state index contributed by atoms with van der Waals surface area (Å²) in [6.07, 6.45) is 17.7. The Kier molecular flexibility index (Phi) is 9.57. The van der Waals surface area contributed by atoms with Crippen molar-refractivity contribution in [1.82, 2.24) is 14.5 Å². The van der Waals surface area contributed by atoms with Gasteiger partial charge in [0.15, 0.2) is 0 Å². The number of hydrogen-bond donors (Lipinski definition) is 0. The second kappa shape index (κ2) is 13.7. The molecule has 1 fully saturated rings. The number of ether oxygens (including phenoxy) is 2. The number of hydrogen-bond acceptors (Lipinski definition) is 4. The third kappa shape index (κ3) is 7.65. The first kappa shape index (κ1) is 27.3. The van der Waals surface area contributed by atoms with Crippen LogP contribution in [-0.2, 0) is 6.42 Å². The van der Waals surface area contributed by atoms with Crippen LogP contribution >= 0.6 is 11.6 Å². The molecule has 3 aromatic rings. The zero-order valence-electron chi connectivity index (χ0n) is 22.8. The van der Waals surface area contributed by atoms with Gasteiger partial charge in [-0.1, -0.05) is 37.4 Å². The number of allylic oxidation sites excluding steroid dienone is 5. The first-order valence-electron chi connectivity index (χ1n) is 14.2. The van der Waals surface area contributed by atoms with Gasteiger partial charge >= 0.3 is 0 Å². The van der Waals surface area contributed by atoms with Crippen LogP contribution in [0.3, 0.4) is 0 Å². The lowest BCUT2D eigenvalue weighted by molar-refractivity contribution is 0.183. The van der Waals surface area contributed by atoms with Crippen LogP contribution in [0.4, 0.5) is 0 Å². The van der Waals surface area contributed by atoms with Crippen LogP contribution in [0.15, 0.2) is 89.8 Å². The first-order chi connectivity index (χ1) is 19.2. The van der Waals surface area contributed by atoms with E-state index in [-0.39, 0.29) is 0 Å². The van der Waals surface area contributed by atoms with Crippen molar-refractivity contribution in [1.29, 1.82) is 0 Å². The molecule has 2 aromatic carbocycles. The van der Waals surface area contributed by atoms with Crippen LogP contribution in [0, 0.1) is 0 Å². The topological polar surface area (TPSA) is 39.5 Å². The Balaban J connectivity index is 1.26. The van der Waals surface area contributed by atoms with Crippen molar-refractivity contribution >= 4 is 11.6 Å². The number of halogens is 1. The van der Waals surface area contributed by atoms with E-state index >= 15 is 0 Å². The lowest BCUT2D eigenvalue weighted by atomic mass is 10.1. The predicted molar refractivity (Wildman–Crippen MR) is 160 cm³/mol. The molecular weight excluding hydrogens is 506 g/mol. The van der Waals surface area contributed by atoms with E-state index in [1.807, 2.05) is 36.4 Å². The summed E-state index contributed by atoms with van der Waals surface area (Å²) in [4.78, 5) is 7.53. The Labute approximate surface area is 237 Å². The van der Waals surface area contributed by atoms with E-state index in [2.05, 4.69) is 59.0 Å². The van der Waals surface area contributed by atoms with Gasteiger partial charge in [-0.15, -0.1) is 0 Å².